The lowest BCUT2D eigenvalue weighted by Gasteiger charge is -2.11. The van der Waals surface area contributed by atoms with E-state index in [2.05, 4.69) is 6.07 Å². The van der Waals surface area contributed by atoms with Crippen LogP contribution in [0.5, 0.6) is 0 Å². The van der Waals surface area contributed by atoms with Crippen LogP contribution in [0.25, 0.3) is 0 Å². The van der Waals surface area contributed by atoms with E-state index in [1.165, 1.54) is 41.0 Å². The quantitative estimate of drug-likeness (QED) is 0.869. The van der Waals surface area contributed by atoms with Crippen LogP contribution in [-0.2, 0) is 12.8 Å². The third kappa shape index (κ3) is 2.20. The van der Waals surface area contributed by atoms with Crippen LogP contribution in [-0.4, -0.2) is 0 Å². The highest BCUT2D eigenvalue weighted by Crippen LogP contribution is 2.35. The number of nitrogens with two attached hydrogens (primary N) is 1. The van der Waals surface area contributed by atoms with Gasteiger partial charge in [-0.2, -0.15) is 0 Å². The van der Waals surface area contributed by atoms with E-state index in [-0.39, 0.29) is 6.04 Å². The zero-order chi connectivity index (χ0) is 12.5. The minimum absolute atomic E-state index is 0.0886. The van der Waals surface area contributed by atoms with Crippen molar-refractivity contribution in [1.29, 1.82) is 0 Å². The molecule has 0 aliphatic heterocycles. The van der Waals surface area contributed by atoms with E-state index in [0.29, 0.717) is 0 Å². The van der Waals surface area contributed by atoms with E-state index < -0.39 is 0 Å². The Bertz CT molecular complexity index is 538. The number of fused-ring (bicyclic) bond motifs is 1. The van der Waals surface area contributed by atoms with Crippen LogP contribution in [0.4, 0.5) is 0 Å². The van der Waals surface area contributed by atoms with Gasteiger partial charge in [-0.1, -0.05) is 29.8 Å². The summed E-state index contributed by atoms with van der Waals surface area (Å²) < 4.78 is 0. The van der Waals surface area contributed by atoms with Gasteiger partial charge in [0.25, 0.3) is 0 Å². The molecule has 1 unspecified atom stereocenters. The van der Waals surface area contributed by atoms with E-state index in [1.54, 1.807) is 0 Å². The first kappa shape index (κ1) is 12.2. The normalized spacial score (nSPS) is 16.3. The third-order valence-corrected chi connectivity index (χ3v) is 5.23. The molecule has 1 nitrogen and oxygen atoms in total. The standard InChI is InChI=1S/C15H16ClNS/c16-12-7-3-2-6-11(12)15(17)14-9-10-5-1-4-8-13(10)18-14/h2-3,6-7,9,15H,1,4-5,8,17H2. The number of aryl methyl sites for hydroxylation is 2. The monoisotopic (exact) mass is 277 g/mol. The van der Waals surface area contributed by atoms with Crippen molar-refractivity contribution in [3.8, 4) is 0 Å². The van der Waals surface area contributed by atoms with Gasteiger partial charge < -0.3 is 5.73 Å². The Morgan fingerprint density at radius 3 is 2.72 bits per heavy atom. The fourth-order valence-corrected chi connectivity index (χ4v) is 4.08. The first-order valence-electron chi connectivity index (χ1n) is 6.37. The molecule has 1 aromatic heterocycles. The van der Waals surface area contributed by atoms with E-state index in [1.807, 2.05) is 35.6 Å². The van der Waals surface area contributed by atoms with Gasteiger partial charge in [0.05, 0.1) is 6.04 Å². The summed E-state index contributed by atoms with van der Waals surface area (Å²) in [6, 6.07) is 10.1. The molecule has 0 saturated heterocycles. The van der Waals surface area contributed by atoms with Gasteiger partial charge >= 0.3 is 0 Å². The predicted octanol–water partition coefficient (Wildman–Crippen LogP) is 4.33. The third-order valence-electron chi connectivity index (χ3n) is 3.56. The smallest absolute Gasteiger partial charge is 0.0660 e. The van der Waals surface area contributed by atoms with Gasteiger partial charge in [-0.25, -0.2) is 0 Å². The Morgan fingerprint density at radius 1 is 1.17 bits per heavy atom. The molecule has 2 aromatic rings. The Hall–Kier alpha value is -0.830. The lowest BCUT2D eigenvalue weighted by atomic mass is 9.98. The van der Waals surface area contributed by atoms with Gasteiger partial charge in [-0.3, -0.25) is 0 Å². The van der Waals surface area contributed by atoms with Crippen molar-refractivity contribution in [1.82, 2.24) is 0 Å². The van der Waals surface area contributed by atoms with Crippen molar-refractivity contribution < 1.29 is 0 Å². The lowest BCUT2D eigenvalue weighted by molar-refractivity contribution is 0.696. The summed E-state index contributed by atoms with van der Waals surface area (Å²) in [5.74, 6) is 0. The first-order valence-corrected chi connectivity index (χ1v) is 7.56. The minimum atomic E-state index is -0.0886. The van der Waals surface area contributed by atoms with Gasteiger partial charge in [-0.15, -0.1) is 11.3 Å². The minimum Gasteiger partial charge on any atom is -0.320 e. The maximum absolute atomic E-state index is 6.36. The Kier molecular flexibility index (Phi) is 3.42. The molecule has 3 rings (SSSR count). The Morgan fingerprint density at radius 2 is 1.94 bits per heavy atom. The van der Waals surface area contributed by atoms with Gasteiger partial charge in [0.15, 0.2) is 0 Å². The molecular formula is C15H16ClNS. The molecule has 2 N–H and O–H groups in total. The average molecular weight is 278 g/mol. The molecule has 1 aliphatic rings. The van der Waals surface area contributed by atoms with Gasteiger partial charge in [0.1, 0.15) is 0 Å². The molecule has 0 saturated carbocycles. The highest BCUT2D eigenvalue weighted by atomic mass is 35.5. The SMILES string of the molecule is NC(c1cc2c(s1)CCCC2)c1ccccc1Cl. The molecule has 0 amide bonds. The molecule has 1 aliphatic carbocycles. The highest BCUT2D eigenvalue weighted by molar-refractivity contribution is 7.12. The number of benzene rings is 1. The van der Waals surface area contributed by atoms with Crippen molar-refractivity contribution in [3.63, 3.8) is 0 Å². The van der Waals surface area contributed by atoms with Crippen LogP contribution in [0.1, 0.15) is 39.8 Å². The molecule has 18 heavy (non-hydrogen) atoms. The molecule has 1 atom stereocenters. The molecule has 0 fully saturated rings. The van der Waals surface area contributed by atoms with Crippen molar-refractivity contribution in [2.45, 2.75) is 31.7 Å². The molecule has 0 bridgehead atoms. The number of rotatable bonds is 2. The van der Waals surface area contributed by atoms with E-state index in [9.17, 15) is 0 Å². The molecule has 0 spiro atoms. The fourth-order valence-electron chi connectivity index (χ4n) is 2.55. The first-order chi connectivity index (χ1) is 8.75. The van der Waals surface area contributed by atoms with Crippen molar-refractivity contribution in [3.05, 3.63) is 56.2 Å². The van der Waals surface area contributed by atoms with E-state index in [0.717, 1.165) is 10.6 Å². The molecular weight excluding hydrogens is 262 g/mol. The lowest BCUT2D eigenvalue weighted by Crippen LogP contribution is -2.10. The highest BCUT2D eigenvalue weighted by Gasteiger charge is 2.19. The van der Waals surface area contributed by atoms with Crippen molar-refractivity contribution in [2.24, 2.45) is 5.73 Å². The summed E-state index contributed by atoms with van der Waals surface area (Å²) in [6.45, 7) is 0. The zero-order valence-electron chi connectivity index (χ0n) is 10.2. The summed E-state index contributed by atoms with van der Waals surface area (Å²) in [5, 5.41) is 0.761. The number of hydrogen-bond acceptors (Lipinski definition) is 2. The van der Waals surface area contributed by atoms with Gasteiger partial charge in [0.2, 0.25) is 0 Å². The van der Waals surface area contributed by atoms with E-state index >= 15 is 0 Å². The van der Waals surface area contributed by atoms with Crippen molar-refractivity contribution >= 4 is 22.9 Å². The average Bonchev–Trinajstić information content (AvgIpc) is 2.82. The Labute approximate surface area is 117 Å². The largest absolute Gasteiger partial charge is 0.320 e. The van der Waals surface area contributed by atoms with Crippen LogP contribution in [0.2, 0.25) is 5.02 Å². The summed E-state index contributed by atoms with van der Waals surface area (Å²) in [4.78, 5) is 2.77. The van der Waals surface area contributed by atoms with Crippen LogP contribution in [0.3, 0.4) is 0 Å². The number of thiophene rings is 1. The molecule has 1 heterocycles. The fraction of sp³-hybridized carbons (Fsp3) is 0.333. The molecule has 94 valence electrons. The predicted molar refractivity (Wildman–Crippen MR) is 78.4 cm³/mol. The van der Waals surface area contributed by atoms with Crippen molar-refractivity contribution in [2.75, 3.05) is 0 Å². The molecule has 1 aromatic carbocycles. The summed E-state index contributed by atoms with van der Waals surface area (Å²) in [5.41, 5.74) is 8.88. The van der Waals surface area contributed by atoms with Crippen LogP contribution >= 0.6 is 22.9 Å². The van der Waals surface area contributed by atoms with Crippen LogP contribution < -0.4 is 5.73 Å². The topological polar surface area (TPSA) is 26.0 Å². The Balaban J connectivity index is 1.95. The van der Waals surface area contributed by atoms with Gasteiger partial charge in [0, 0.05) is 14.8 Å². The van der Waals surface area contributed by atoms with E-state index in [4.69, 9.17) is 17.3 Å². The maximum Gasteiger partial charge on any atom is 0.0660 e. The second kappa shape index (κ2) is 5.04. The van der Waals surface area contributed by atoms with Crippen LogP contribution in [0.15, 0.2) is 30.3 Å². The van der Waals surface area contributed by atoms with Gasteiger partial charge in [-0.05, 0) is 48.9 Å². The summed E-state index contributed by atoms with van der Waals surface area (Å²) in [7, 11) is 0. The number of hydrogen-bond donors (Lipinski definition) is 1. The summed E-state index contributed by atoms with van der Waals surface area (Å²) in [6.07, 6.45) is 5.05. The second-order valence-electron chi connectivity index (χ2n) is 4.80. The van der Waals surface area contributed by atoms with Crippen LogP contribution in [0, 0.1) is 0 Å². The summed E-state index contributed by atoms with van der Waals surface area (Å²) >= 11 is 8.08. The molecule has 0 radical (unpaired) electrons. The number of halogens is 1. The maximum atomic E-state index is 6.36. The zero-order valence-corrected chi connectivity index (χ0v) is 11.7. The second-order valence-corrected chi connectivity index (χ2v) is 6.38. The molecule has 3 heteroatoms.